The molecule has 0 amide bonds. The number of carbonyl (C=O) groups is 1. The summed E-state index contributed by atoms with van der Waals surface area (Å²) in [6.07, 6.45) is 2.17. The van der Waals surface area contributed by atoms with Crippen molar-refractivity contribution in [2.45, 2.75) is 53.4 Å². The minimum Gasteiger partial charge on any atom is -0.348 e. The normalized spacial score (nSPS) is 20.5. The van der Waals surface area contributed by atoms with Gasteiger partial charge in [0.05, 0.1) is 10.6 Å². The van der Waals surface area contributed by atoms with Crippen LogP contribution in [0.2, 0.25) is 0 Å². The molecule has 2 heterocycles. The Bertz CT molecular complexity index is 494. The van der Waals surface area contributed by atoms with E-state index in [1.165, 1.54) is 6.42 Å². The molecule has 0 saturated carbocycles. The Morgan fingerprint density at radius 3 is 2.30 bits per heavy atom. The van der Waals surface area contributed by atoms with E-state index in [1.807, 2.05) is 0 Å². The Kier molecular flexibility index (Phi) is 3.98. The van der Waals surface area contributed by atoms with Gasteiger partial charge in [0.25, 0.3) is 0 Å². The molecule has 1 aliphatic heterocycles. The van der Waals surface area contributed by atoms with Gasteiger partial charge in [-0.3, -0.25) is 4.79 Å². The molecule has 1 aromatic rings. The highest BCUT2D eigenvalue weighted by molar-refractivity contribution is 7.17. The van der Waals surface area contributed by atoms with E-state index in [0.717, 1.165) is 35.1 Å². The van der Waals surface area contributed by atoms with Gasteiger partial charge in [-0.05, 0) is 17.8 Å². The minimum atomic E-state index is -0.0753. The Morgan fingerprint density at radius 1 is 1.25 bits per heavy atom. The molecule has 1 aromatic heterocycles. The number of carbonyl (C=O) groups excluding carboxylic acids is 1. The van der Waals surface area contributed by atoms with Crippen molar-refractivity contribution < 1.29 is 4.79 Å². The fourth-order valence-electron chi connectivity index (χ4n) is 2.71. The molecule has 3 nitrogen and oxygen atoms in total. The Hall–Kier alpha value is -0.900. The van der Waals surface area contributed by atoms with E-state index in [0.29, 0.717) is 11.3 Å². The maximum Gasteiger partial charge on any atom is 0.186 e. The molecule has 1 unspecified atom stereocenters. The maximum atomic E-state index is 11.3. The number of aldehydes is 1. The summed E-state index contributed by atoms with van der Waals surface area (Å²) < 4.78 is 0. The van der Waals surface area contributed by atoms with Gasteiger partial charge in [0, 0.05) is 18.5 Å². The van der Waals surface area contributed by atoms with E-state index in [1.54, 1.807) is 11.3 Å². The van der Waals surface area contributed by atoms with Crippen molar-refractivity contribution in [2.75, 3.05) is 18.0 Å². The van der Waals surface area contributed by atoms with Crippen molar-refractivity contribution >= 4 is 22.8 Å². The van der Waals surface area contributed by atoms with Gasteiger partial charge in [0.15, 0.2) is 11.4 Å². The maximum absolute atomic E-state index is 11.3. The van der Waals surface area contributed by atoms with Crippen LogP contribution in [0.5, 0.6) is 0 Å². The van der Waals surface area contributed by atoms with Crippen molar-refractivity contribution in [3.05, 3.63) is 10.6 Å². The van der Waals surface area contributed by atoms with Crippen LogP contribution >= 0.6 is 11.3 Å². The van der Waals surface area contributed by atoms with E-state index in [4.69, 9.17) is 4.98 Å². The van der Waals surface area contributed by atoms with E-state index in [-0.39, 0.29) is 5.41 Å². The second kappa shape index (κ2) is 5.14. The number of aromatic nitrogens is 1. The molecular weight excluding hydrogens is 268 g/mol. The molecule has 0 aromatic carbocycles. The largest absolute Gasteiger partial charge is 0.348 e. The molecular formula is C16H26N2OS. The lowest BCUT2D eigenvalue weighted by atomic mass is 9.80. The van der Waals surface area contributed by atoms with E-state index < -0.39 is 0 Å². The lowest BCUT2D eigenvalue weighted by Gasteiger charge is -2.26. The second-order valence-electron chi connectivity index (χ2n) is 7.87. The van der Waals surface area contributed by atoms with Gasteiger partial charge in [0.1, 0.15) is 0 Å². The summed E-state index contributed by atoms with van der Waals surface area (Å²) >= 11 is 1.54. The average Bonchev–Trinajstić information content (AvgIpc) is 2.93. The van der Waals surface area contributed by atoms with Crippen LogP contribution < -0.4 is 4.90 Å². The van der Waals surface area contributed by atoms with Gasteiger partial charge in [-0.25, -0.2) is 4.98 Å². The number of thiazole rings is 1. The molecule has 1 fully saturated rings. The zero-order chi connectivity index (χ0) is 15.1. The predicted molar refractivity (Wildman–Crippen MR) is 86.0 cm³/mol. The molecule has 4 heteroatoms. The molecule has 0 bridgehead atoms. The topological polar surface area (TPSA) is 33.2 Å². The third-order valence-corrected chi connectivity index (χ3v) is 5.18. The summed E-state index contributed by atoms with van der Waals surface area (Å²) in [6.45, 7) is 15.4. The highest BCUT2D eigenvalue weighted by Crippen LogP contribution is 2.39. The zero-order valence-corrected chi connectivity index (χ0v) is 14.3. The van der Waals surface area contributed by atoms with Gasteiger partial charge in [0.2, 0.25) is 0 Å². The molecule has 0 spiro atoms. The molecule has 20 heavy (non-hydrogen) atoms. The fourth-order valence-corrected chi connectivity index (χ4v) is 3.84. The summed E-state index contributed by atoms with van der Waals surface area (Å²) in [7, 11) is 0. The monoisotopic (exact) mass is 294 g/mol. The van der Waals surface area contributed by atoms with Crippen molar-refractivity contribution in [2.24, 2.45) is 11.3 Å². The quantitative estimate of drug-likeness (QED) is 0.769. The van der Waals surface area contributed by atoms with Crippen molar-refractivity contribution in [3.8, 4) is 0 Å². The third kappa shape index (κ3) is 3.05. The van der Waals surface area contributed by atoms with Crippen LogP contribution in [0.25, 0.3) is 0 Å². The van der Waals surface area contributed by atoms with Gasteiger partial charge in [-0.1, -0.05) is 52.9 Å². The van der Waals surface area contributed by atoms with Crippen LogP contribution in [-0.2, 0) is 5.41 Å². The van der Waals surface area contributed by atoms with E-state index in [2.05, 4.69) is 46.4 Å². The van der Waals surface area contributed by atoms with E-state index in [9.17, 15) is 4.79 Å². The summed E-state index contributed by atoms with van der Waals surface area (Å²) in [5.74, 6) is 0.698. The van der Waals surface area contributed by atoms with Crippen LogP contribution in [0.15, 0.2) is 0 Å². The first kappa shape index (κ1) is 15.5. The van der Waals surface area contributed by atoms with Crippen molar-refractivity contribution in [1.82, 2.24) is 4.98 Å². The lowest BCUT2D eigenvalue weighted by molar-refractivity contribution is 0.112. The second-order valence-corrected chi connectivity index (χ2v) is 8.88. The van der Waals surface area contributed by atoms with Crippen LogP contribution in [0.3, 0.4) is 0 Å². The van der Waals surface area contributed by atoms with Crippen molar-refractivity contribution in [3.63, 3.8) is 0 Å². The molecule has 0 radical (unpaired) electrons. The number of nitrogens with zero attached hydrogens (tertiary/aromatic N) is 2. The van der Waals surface area contributed by atoms with Gasteiger partial charge in [-0.15, -0.1) is 0 Å². The van der Waals surface area contributed by atoms with Crippen LogP contribution in [0, 0.1) is 11.3 Å². The molecule has 0 N–H and O–H groups in total. The molecule has 1 atom stereocenters. The number of rotatable bonds is 2. The molecule has 112 valence electrons. The summed E-state index contributed by atoms with van der Waals surface area (Å²) in [6, 6.07) is 0. The fraction of sp³-hybridized carbons (Fsp3) is 0.750. The zero-order valence-electron chi connectivity index (χ0n) is 13.5. The summed E-state index contributed by atoms with van der Waals surface area (Å²) in [5, 5.41) is 1.02. The Labute approximate surface area is 126 Å². The number of anilines is 1. The lowest BCUT2D eigenvalue weighted by Crippen LogP contribution is -2.25. The Balaban J connectivity index is 2.23. The first-order valence-electron chi connectivity index (χ1n) is 7.34. The Morgan fingerprint density at radius 2 is 1.90 bits per heavy atom. The molecule has 0 aliphatic carbocycles. The van der Waals surface area contributed by atoms with Crippen LogP contribution in [0.4, 0.5) is 5.13 Å². The smallest absolute Gasteiger partial charge is 0.186 e. The first-order chi connectivity index (χ1) is 9.13. The van der Waals surface area contributed by atoms with E-state index >= 15 is 0 Å². The molecule has 1 aliphatic rings. The van der Waals surface area contributed by atoms with Gasteiger partial charge in [-0.2, -0.15) is 0 Å². The highest BCUT2D eigenvalue weighted by Gasteiger charge is 2.34. The summed E-state index contributed by atoms with van der Waals surface area (Å²) in [5.41, 5.74) is 1.20. The van der Waals surface area contributed by atoms with Gasteiger partial charge < -0.3 is 4.90 Å². The minimum absolute atomic E-state index is 0.0753. The average molecular weight is 294 g/mol. The van der Waals surface area contributed by atoms with Crippen molar-refractivity contribution in [1.29, 1.82) is 0 Å². The van der Waals surface area contributed by atoms with Crippen LogP contribution in [-0.4, -0.2) is 24.4 Å². The van der Waals surface area contributed by atoms with Crippen LogP contribution in [0.1, 0.15) is 63.3 Å². The number of hydrogen-bond acceptors (Lipinski definition) is 4. The predicted octanol–water partition coefficient (Wildman–Crippen LogP) is 4.13. The highest BCUT2D eigenvalue weighted by atomic mass is 32.1. The number of hydrogen-bond donors (Lipinski definition) is 0. The molecule has 1 saturated heterocycles. The SMILES string of the molecule is CC(C)(C)c1nc(N2CCC(C(C)(C)C)C2)sc1C=O. The van der Waals surface area contributed by atoms with Gasteiger partial charge >= 0.3 is 0 Å². The first-order valence-corrected chi connectivity index (χ1v) is 8.16. The standard InChI is InChI=1S/C16H26N2OS/c1-15(2,3)11-7-8-18(9-11)14-17-13(16(4,5)6)12(10-19)20-14/h10-11H,7-9H2,1-6H3. The third-order valence-electron chi connectivity index (χ3n) is 4.14. The molecule has 2 rings (SSSR count). The summed E-state index contributed by atoms with van der Waals surface area (Å²) in [4.78, 5) is 19.2.